The van der Waals surface area contributed by atoms with Crippen LogP contribution in [0, 0.1) is 0 Å². The maximum absolute atomic E-state index is 12.5. The van der Waals surface area contributed by atoms with Gasteiger partial charge >= 0.3 is 6.03 Å². The second kappa shape index (κ2) is 5.84. The second-order valence-electron chi connectivity index (χ2n) is 5.39. The van der Waals surface area contributed by atoms with E-state index in [0.29, 0.717) is 19.8 Å². The number of hydrogen-bond acceptors (Lipinski definition) is 3. The Morgan fingerprint density at radius 2 is 1.76 bits per heavy atom. The molecule has 2 heterocycles. The summed E-state index contributed by atoms with van der Waals surface area (Å²) in [4.78, 5) is 16.2. The average molecular weight is 290 g/mol. The average Bonchev–Trinajstić information content (AvgIpc) is 2.53. The molecule has 0 bridgehead atoms. The molecular formula is C16H22N2O3. The molecule has 2 aliphatic rings. The van der Waals surface area contributed by atoms with E-state index in [1.807, 2.05) is 29.7 Å². The van der Waals surface area contributed by atoms with Crippen molar-refractivity contribution in [3.05, 3.63) is 23.3 Å². The Morgan fingerprint density at radius 1 is 1.14 bits per heavy atom. The van der Waals surface area contributed by atoms with E-state index in [1.54, 1.807) is 0 Å². The first-order valence-corrected chi connectivity index (χ1v) is 7.68. The summed E-state index contributed by atoms with van der Waals surface area (Å²) in [5.74, 6) is 1.64. The van der Waals surface area contributed by atoms with Gasteiger partial charge in [0.25, 0.3) is 0 Å². The smallest absolute Gasteiger partial charge is 0.320 e. The highest BCUT2D eigenvalue weighted by molar-refractivity contribution is 5.75. The van der Waals surface area contributed by atoms with Crippen LogP contribution < -0.4 is 9.47 Å². The Labute approximate surface area is 125 Å². The quantitative estimate of drug-likeness (QED) is 0.839. The third-order valence-electron chi connectivity index (χ3n) is 4.18. The molecule has 0 radical (unpaired) electrons. The Bertz CT molecular complexity index is 541. The van der Waals surface area contributed by atoms with Crippen LogP contribution in [0.15, 0.2) is 12.1 Å². The molecule has 1 aromatic rings. The van der Waals surface area contributed by atoms with Crippen LogP contribution in [0.4, 0.5) is 4.79 Å². The number of fused-ring (bicyclic) bond motifs is 2. The number of urea groups is 1. The number of carbonyl (C=O) groups is 1. The Balaban J connectivity index is 1.80. The van der Waals surface area contributed by atoms with Crippen molar-refractivity contribution in [2.24, 2.45) is 0 Å². The highest BCUT2D eigenvalue weighted by atomic mass is 16.6. The lowest BCUT2D eigenvalue weighted by Gasteiger charge is -2.34. The monoisotopic (exact) mass is 290 g/mol. The maximum Gasteiger partial charge on any atom is 0.320 e. The van der Waals surface area contributed by atoms with Crippen LogP contribution in [0.2, 0.25) is 0 Å². The maximum atomic E-state index is 12.5. The van der Waals surface area contributed by atoms with E-state index in [4.69, 9.17) is 9.47 Å². The number of nitrogens with zero attached hydrogens (tertiary/aromatic N) is 2. The fraction of sp³-hybridized carbons (Fsp3) is 0.562. The van der Waals surface area contributed by atoms with Gasteiger partial charge in [-0.25, -0.2) is 4.79 Å². The van der Waals surface area contributed by atoms with Crippen molar-refractivity contribution in [1.29, 1.82) is 0 Å². The number of ether oxygens (including phenoxy) is 2. The third-order valence-corrected chi connectivity index (χ3v) is 4.18. The first kappa shape index (κ1) is 14.0. The van der Waals surface area contributed by atoms with Gasteiger partial charge in [-0.05, 0) is 43.5 Å². The fourth-order valence-electron chi connectivity index (χ4n) is 2.95. The normalized spacial score (nSPS) is 16.4. The lowest BCUT2D eigenvalue weighted by atomic mass is 9.99. The summed E-state index contributed by atoms with van der Waals surface area (Å²) in [6.07, 6.45) is 0.874. The van der Waals surface area contributed by atoms with Gasteiger partial charge in [-0.2, -0.15) is 0 Å². The predicted octanol–water partition coefficient (Wildman–Crippen LogP) is 2.28. The molecule has 2 aliphatic heterocycles. The largest absolute Gasteiger partial charge is 0.486 e. The van der Waals surface area contributed by atoms with Crippen molar-refractivity contribution < 1.29 is 14.3 Å². The van der Waals surface area contributed by atoms with Gasteiger partial charge in [0, 0.05) is 26.2 Å². The van der Waals surface area contributed by atoms with Gasteiger partial charge in [-0.1, -0.05) is 0 Å². The van der Waals surface area contributed by atoms with E-state index in [2.05, 4.69) is 6.07 Å². The number of carbonyl (C=O) groups excluding carboxylic acids is 1. The van der Waals surface area contributed by atoms with E-state index in [0.717, 1.165) is 37.6 Å². The SMILES string of the molecule is CCN(CC)C(=O)N1CCc2cc3c(cc2C1)OCCO3. The van der Waals surface area contributed by atoms with Crippen molar-refractivity contribution in [3.63, 3.8) is 0 Å². The molecule has 5 heteroatoms. The van der Waals surface area contributed by atoms with E-state index in [9.17, 15) is 4.79 Å². The van der Waals surface area contributed by atoms with E-state index >= 15 is 0 Å². The van der Waals surface area contributed by atoms with Crippen LogP contribution in [0.5, 0.6) is 11.5 Å². The summed E-state index contributed by atoms with van der Waals surface area (Å²) in [6.45, 7) is 8.15. The van der Waals surface area contributed by atoms with Crippen LogP contribution in [0.3, 0.4) is 0 Å². The number of hydrogen-bond donors (Lipinski definition) is 0. The van der Waals surface area contributed by atoms with Crippen LogP contribution in [0.25, 0.3) is 0 Å². The van der Waals surface area contributed by atoms with Gasteiger partial charge in [0.15, 0.2) is 11.5 Å². The minimum absolute atomic E-state index is 0.125. The number of benzene rings is 1. The number of amides is 2. The molecule has 114 valence electrons. The molecule has 0 saturated heterocycles. The molecule has 0 saturated carbocycles. The summed E-state index contributed by atoms with van der Waals surface area (Å²) in [5.41, 5.74) is 2.44. The molecule has 0 unspecified atom stereocenters. The third kappa shape index (κ3) is 2.64. The second-order valence-corrected chi connectivity index (χ2v) is 5.39. The summed E-state index contributed by atoms with van der Waals surface area (Å²) in [7, 11) is 0. The molecule has 2 amide bonds. The Hall–Kier alpha value is -1.91. The molecule has 0 atom stereocenters. The van der Waals surface area contributed by atoms with Gasteiger partial charge in [0.05, 0.1) is 0 Å². The lowest BCUT2D eigenvalue weighted by Crippen LogP contribution is -2.45. The van der Waals surface area contributed by atoms with E-state index in [1.165, 1.54) is 11.1 Å². The van der Waals surface area contributed by atoms with Crippen molar-refractivity contribution in [2.45, 2.75) is 26.8 Å². The van der Waals surface area contributed by atoms with Gasteiger partial charge in [0.1, 0.15) is 13.2 Å². The molecule has 0 N–H and O–H groups in total. The van der Waals surface area contributed by atoms with Crippen LogP contribution in [0.1, 0.15) is 25.0 Å². The molecule has 0 spiro atoms. The zero-order chi connectivity index (χ0) is 14.8. The standard InChI is InChI=1S/C16H22N2O3/c1-3-17(4-2)16(19)18-6-5-12-9-14-15(10-13(12)11-18)21-8-7-20-14/h9-10H,3-8,11H2,1-2H3. The highest BCUT2D eigenvalue weighted by Crippen LogP contribution is 2.35. The van der Waals surface area contributed by atoms with Gasteiger partial charge in [0.2, 0.25) is 0 Å². The van der Waals surface area contributed by atoms with Crippen molar-refractivity contribution >= 4 is 6.03 Å². The molecule has 0 aliphatic carbocycles. The minimum Gasteiger partial charge on any atom is -0.486 e. The molecular weight excluding hydrogens is 268 g/mol. The van der Waals surface area contributed by atoms with Crippen molar-refractivity contribution in [1.82, 2.24) is 9.80 Å². The Morgan fingerprint density at radius 3 is 2.38 bits per heavy atom. The lowest BCUT2D eigenvalue weighted by molar-refractivity contribution is 0.151. The highest BCUT2D eigenvalue weighted by Gasteiger charge is 2.25. The van der Waals surface area contributed by atoms with Crippen molar-refractivity contribution in [3.8, 4) is 11.5 Å². The number of rotatable bonds is 2. The molecule has 21 heavy (non-hydrogen) atoms. The van der Waals surface area contributed by atoms with E-state index < -0.39 is 0 Å². The van der Waals surface area contributed by atoms with E-state index in [-0.39, 0.29) is 6.03 Å². The minimum atomic E-state index is 0.125. The fourth-order valence-corrected chi connectivity index (χ4v) is 2.95. The molecule has 0 aromatic heterocycles. The first-order chi connectivity index (χ1) is 10.2. The summed E-state index contributed by atoms with van der Waals surface area (Å²) >= 11 is 0. The van der Waals surface area contributed by atoms with Crippen LogP contribution in [-0.2, 0) is 13.0 Å². The predicted molar refractivity (Wildman–Crippen MR) is 79.9 cm³/mol. The van der Waals surface area contributed by atoms with Gasteiger partial charge in [-0.3, -0.25) is 0 Å². The molecule has 0 fully saturated rings. The molecule has 1 aromatic carbocycles. The van der Waals surface area contributed by atoms with Crippen LogP contribution in [-0.4, -0.2) is 48.7 Å². The van der Waals surface area contributed by atoms with Gasteiger partial charge < -0.3 is 19.3 Å². The Kier molecular flexibility index (Phi) is 3.90. The topological polar surface area (TPSA) is 42.0 Å². The van der Waals surface area contributed by atoms with Crippen LogP contribution >= 0.6 is 0 Å². The molecule has 3 rings (SSSR count). The van der Waals surface area contributed by atoms with Gasteiger partial charge in [-0.15, -0.1) is 0 Å². The zero-order valence-corrected chi connectivity index (χ0v) is 12.7. The summed E-state index contributed by atoms with van der Waals surface area (Å²) in [6, 6.07) is 4.23. The summed E-state index contributed by atoms with van der Waals surface area (Å²) < 4.78 is 11.3. The molecule has 5 nitrogen and oxygen atoms in total. The summed E-state index contributed by atoms with van der Waals surface area (Å²) in [5, 5.41) is 0. The first-order valence-electron chi connectivity index (χ1n) is 7.68. The zero-order valence-electron chi connectivity index (χ0n) is 12.7. The van der Waals surface area contributed by atoms with Crippen molar-refractivity contribution in [2.75, 3.05) is 32.8 Å².